The summed E-state index contributed by atoms with van der Waals surface area (Å²) < 4.78 is 33.9. The fourth-order valence-electron chi connectivity index (χ4n) is 4.48. The number of carbonyl (C=O) groups excluding carboxylic acids is 1. The van der Waals surface area contributed by atoms with Gasteiger partial charge in [0.25, 0.3) is 16.0 Å². The number of carbonyl (C=O) groups is 1. The lowest BCUT2D eigenvalue weighted by atomic mass is 9.87. The number of hydrogen-bond acceptors (Lipinski definition) is 9. The van der Waals surface area contributed by atoms with E-state index in [2.05, 4.69) is 20.4 Å². The number of aliphatic hydroxyl groups excluding tert-OH is 1. The predicted octanol–water partition coefficient (Wildman–Crippen LogP) is 3.53. The lowest BCUT2D eigenvalue weighted by Crippen LogP contribution is -2.28. The van der Waals surface area contributed by atoms with Gasteiger partial charge < -0.3 is 15.3 Å². The van der Waals surface area contributed by atoms with Crippen LogP contribution < -0.4 is 10.2 Å². The van der Waals surface area contributed by atoms with Crippen LogP contribution in [0, 0.1) is 12.3 Å². The molecule has 1 aromatic heterocycles. The van der Waals surface area contributed by atoms with Crippen molar-refractivity contribution < 1.29 is 22.9 Å². The van der Waals surface area contributed by atoms with Gasteiger partial charge in [-0.3, -0.25) is 9.35 Å². The van der Waals surface area contributed by atoms with Crippen molar-refractivity contribution in [1.29, 1.82) is 0 Å². The van der Waals surface area contributed by atoms with Crippen LogP contribution in [0.4, 0.5) is 11.4 Å². The highest BCUT2D eigenvalue weighted by atomic mass is 32.2. The van der Waals surface area contributed by atoms with Gasteiger partial charge in [-0.15, -0.1) is 10.2 Å². The average Bonchev–Trinajstić information content (AvgIpc) is 3.48. The molecule has 4 rings (SSSR count). The minimum absolute atomic E-state index is 0.0637. The van der Waals surface area contributed by atoms with Crippen LogP contribution in [0.15, 0.2) is 57.5 Å². The quantitative estimate of drug-likeness (QED) is 0.323. The van der Waals surface area contributed by atoms with Gasteiger partial charge in [-0.1, -0.05) is 26.8 Å². The SMILES string of the molecule is CCN(CCO)c1ccc(/N=C2/C(C(C)(C)C)=Nn3c2nnc3C(C)NC(=O)c2cccc(S(=O)(=O)O)c2)c(C)c1. The normalized spacial score (nSPS) is 15.0. The van der Waals surface area contributed by atoms with Gasteiger partial charge in [-0.2, -0.15) is 18.2 Å². The number of nitrogens with zero attached hydrogens (tertiary/aromatic N) is 6. The molecule has 41 heavy (non-hydrogen) atoms. The molecule has 0 radical (unpaired) electrons. The molecule has 1 unspecified atom stereocenters. The summed E-state index contributed by atoms with van der Waals surface area (Å²) in [5, 5.41) is 25.6. The lowest BCUT2D eigenvalue weighted by molar-refractivity contribution is 0.0937. The fraction of sp³-hybridized carbons (Fsp3) is 0.393. The number of aromatic nitrogens is 3. The Morgan fingerprint density at radius 1 is 1.17 bits per heavy atom. The Kier molecular flexibility index (Phi) is 8.43. The van der Waals surface area contributed by atoms with E-state index in [0.29, 0.717) is 29.6 Å². The molecular weight excluding hydrogens is 546 g/mol. The molecule has 0 fully saturated rings. The van der Waals surface area contributed by atoms with Crippen LogP contribution in [0.5, 0.6) is 0 Å². The van der Waals surface area contributed by atoms with E-state index in [0.717, 1.165) is 29.5 Å². The van der Waals surface area contributed by atoms with E-state index in [4.69, 9.17) is 10.1 Å². The maximum absolute atomic E-state index is 12.9. The number of nitrogens with one attached hydrogen (secondary N) is 1. The molecule has 2 aromatic carbocycles. The summed E-state index contributed by atoms with van der Waals surface area (Å²) in [5.74, 6) is 0.268. The molecule has 3 N–H and O–H groups in total. The first-order chi connectivity index (χ1) is 19.2. The lowest BCUT2D eigenvalue weighted by Gasteiger charge is -2.23. The summed E-state index contributed by atoms with van der Waals surface area (Å²) in [4.78, 5) is 19.6. The second-order valence-electron chi connectivity index (χ2n) is 10.8. The molecule has 2 heterocycles. The number of fused-ring (bicyclic) bond motifs is 1. The van der Waals surface area contributed by atoms with E-state index in [9.17, 15) is 22.9 Å². The third kappa shape index (κ3) is 6.37. The summed E-state index contributed by atoms with van der Waals surface area (Å²) in [6, 6.07) is 10.4. The van der Waals surface area contributed by atoms with Crippen molar-refractivity contribution in [2.45, 2.75) is 52.5 Å². The fourth-order valence-corrected chi connectivity index (χ4v) is 5.01. The van der Waals surface area contributed by atoms with Gasteiger partial charge in [0.2, 0.25) is 5.82 Å². The summed E-state index contributed by atoms with van der Waals surface area (Å²) in [5.41, 5.74) is 3.67. The standard InChI is InChI=1S/C28H35N7O5S/c1-7-34(13-14-36)20-11-12-22(17(2)15-20)30-23-24(28(4,5)6)33-35-25(31-32-26(23)35)18(3)29-27(37)19-9-8-10-21(16-19)41(38,39)40/h8-12,15-16,18,36H,7,13-14H2,1-6H3,(H,29,37)(H,38,39,40)/b30-23-. The van der Waals surface area contributed by atoms with Crippen molar-refractivity contribution in [2.75, 3.05) is 24.6 Å². The van der Waals surface area contributed by atoms with Crippen LogP contribution in [0.3, 0.4) is 0 Å². The molecule has 1 aliphatic rings. The number of aliphatic hydroxyl groups is 1. The number of anilines is 1. The van der Waals surface area contributed by atoms with E-state index >= 15 is 0 Å². The molecule has 0 spiro atoms. The first kappa shape index (κ1) is 30.0. The summed E-state index contributed by atoms with van der Waals surface area (Å²) in [6.45, 7) is 13.2. The van der Waals surface area contributed by atoms with Crippen molar-refractivity contribution in [1.82, 2.24) is 20.2 Å². The molecule has 1 aliphatic heterocycles. The van der Waals surface area contributed by atoms with Gasteiger partial charge in [0.15, 0.2) is 5.82 Å². The number of amides is 1. The Bertz CT molecular complexity index is 1640. The summed E-state index contributed by atoms with van der Waals surface area (Å²) in [7, 11) is -4.45. The third-order valence-corrected chi connectivity index (χ3v) is 7.52. The van der Waals surface area contributed by atoms with Crippen LogP contribution in [-0.4, -0.2) is 70.0 Å². The highest BCUT2D eigenvalue weighted by molar-refractivity contribution is 7.85. The molecule has 1 atom stereocenters. The van der Waals surface area contributed by atoms with Gasteiger partial charge >= 0.3 is 0 Å². The molecule has 0 aliphatic carbocycles. The maximum Gasteiger partial charge on any atom is 0.294 e. The zero-order valence-corrected chi connectivity index (χ0v) is 24.8. The minimum Gasteiger partial charge on any atom is -0.395 e. The van der Waals surface area contributed by atoms with E-state index < -0.39 is 22.1 Å². The maximum atomic E-state index is 12.9. The molecule has 218 valence electrons. The van der Waals surface area contributed by atoms with E-state index in [-0.39, 0.29) is 22.5 Å². The largest absolute Gasteiger partial charge is 0.395 e. The molecule has 1 amide bonds. The number of benzene rings is 2. The number of hydrogen-bond donors (Lipinski definition) is 3. The average molecular weight is 582 g/mol. The van der Waals surface area contributed by atoms with Crippen LogP contribution in [-0.2, 0) is 10.1 Å². The van der Waals surface area contributed by atoms with Crippen LogP contribution >= 0.6 is 0 Å². The summed E-state index contributed by atoms with van der Waals surface area (Å²) in [6.07, 6.45) is 0. The first-order valence-corrected chi connectivity index (χ1v) is 14.7. The van der Waals surface area contributed by atoms with E-state index in [1.807, 2.05) is 52.8 Å². The molecule has 0 saturated heterocycles. The molecular formula is C28H35N7O5S. The van der Waals surface area contributed by atoms with Gasteiger partial charge in [0, 0.05) is 29.8 Å². The van der Waals surface area contributed by atoms with Crippen molar-refractivity contribution in [2.24, 2.45) is 15.5 Å². The van der Waals surface area contributed by atoms with Crippen molar-refractivity contribution in [3.63, 3.8) is 0 Å². The molecule has 13 heteroatoms. The van der Waals surface area contributed by atoms with Crippen LogP contribution in [0.2, 0.25) is 0 Å². The van der Waals surface area contributed by atoms with E-state index in [1.54, 1.807) is 11.6 Å². The second-order valence-corrected chi connectivity index (χ2v) is 12.2. The van der Waals surface area contributed by atoms with Crippen LogP contribution in [0.1, 0.15) is 68.2 Å². The van der Waals surface area contributed by atoms with Gasteiger partial charge in [0.05, 0.1) is 28.9 Å². The highest BCUT2D eigenvalue weighted by Gasteiger charge is 2.36. The number of likely N-dealkylation sites (N-methyl/N-ethyl adjacent to an activating group) is 1. The van der Waals surface area contributed by atoms with Gasteiger partial charge in [-0.25, -0.2) is 4.99 Å². The smallest absolute Gasteiger partial charge is 0.294 e. The number of aliphatic imine (C=N–C) groups is 1. The van der Waals surface area contributed by atoms with Gasteiger partial charge in [-0.05, 0) is 62.7 Å². The Hall–Kier alpha value is -3.94. The highest BCUT2D eigenvalue weighted by Crippen LogP contribution is 2.31. The van der Waals surface area contributed by atoms with Crippen molar-refractivity contribution in [3.05, 3.63) is 65.2 Å². The zero-order valence-electron chi connectivity index (χ0n) is 24.0. The Labute approximate surface area is 239 Å². The summed E-state index contributed by atoms with van der Waals surface area (Å²) >= 11 is 0. The number of rotatable bonds is 9. The third-order valence-electron chi connectivity index (χ3n) is 6.67. The zero-order chi connectivity index (χ0) is 30.1. The molecule has 3 aromatic rings. The number of aryl methyl sites for hydroxylation is 1. The molecule has 12 nitrogen and oxygen atoms in total. The topological polar surface area (TPSA) is 162 Å². The van der Waals surface area contributed by atoms with Crippen LogP contribution in [0.25, 0.3) is 0 Å². The first-order valence-electron chi connectivity index (χ1n) is 13.2. The Balaban J connectivity index is 1.67. The Morgan fingerprint density at radius 2 is 1.90 bits per heavy atom. The molecule has 0 bridgehead atoms. The minimum atomic E-state index is -4.45. The van der Waals surface area contributed by atoms with Gasteiger partial charge in [0.1, 0.15) is 5.71 Å². The monoisotopic (exact) mass is 581 g/mol. The van der Waals surface area contributed by atoms with Crippen molar-refractivity contribution in [3.8, 4) is 0 Å². The van der Waals surface area contributed by atoms with E-state index in [1.165, 1.54) is 18.2 Å². The predicted molar refractivity (Wildman–Crippen MR) is 157 cm³/mol. The van der Waals surface area contributed by atoms with Crippen molar-refractivity contribution >= 4 is 38.8 Å². The second kappa shape index (κ2) is 11.5. The molecule has 0 saturated carbocycles. The Morgan fingerprint density at radius 3 is 2.51 bits per heavy atom.